The Hall–Kier alpha value is -0.900. The van der Waals surface area contributed by atoms with Gasteiger partial charge in [0.25, 0.3) is 0 Å². The van der Waals surface area contributed by atoms with E-state index in [1.54, 1.807) is 22.7 Å². The summed E-state index contributed by atoms with van der Waals surface area (Å²) in [5.41, 5.74) is 0.264. The third-order valence-electron chi connectivity index (χ3n) is 2.83. The van der Waals surface area contributed by atoms with Crippen molar-refractivity contribution in [2.75, 3.05) is 0 Å². The van der Waals surface area contributed by atoms with Crippen molar-refractivity contribution in [1.82, 2.24) is 0 Å². The van der Waals surface area contributed by atoms with Crippen molar-refractivity contribution in [3.63, 3.8) is 0 Å². The first kappa shape index (κ1) is 12.6. The molecule has 0 saturated heterocycles. The zero-order valence-electron chi connectivity index (χ0n) is 9.85. The molecule has 0 fully saturated rings. The van der Waals surface area contributed by atoms with Crippen molar-refractivity contribution in [3.8, 4) is 9.75 Å². The molecule has 2 aromatic rings. The van der Waals surface area contributed by atoms with Crippen molar-refractivity contribution in [2.45, 2.75) is 25.4 Å². The van der Waals surface area contributed by atoms with Crippen LogP contribution in [0.2, 0.25) is 0 Å². The van der Waals surface area contributed by atoms with Crippen LogP contribution in [-0.4, -0.2) is 5.11 Å². The second-order valence-corrected chi connectivity index (χ2v) is 6.11. The third kappa shape index (κ3) is 2.68. The molecule has 2 rings (SSSR count). The van der Waals surface area contributed by atoms with E-state index in [1.165, 1.54) is 9.75 Å². The molecule has 0 radical (unpaired) electrons. The fourth-order valence-corrected chi connectivity index (χ4v) is 3.76. The zero-order chi connectivity index (χ0) is 12.3. The number of aliphatic hydroxyl groups is 1. The van der Waals surface area contributed by atoms with Crippen molar-refractivity contribution in [3.05, 3.63) is 47.2 Å². The molecule has 0 aliphatic heterocycles. The van der Waals surface area contributed by atoms with E-state index in [1.807, 2.05) is 30.5 Å². The predicted octanol–water partition coefficient (Wildman–Crippen LogP) is 4.65. The number of allylic oxidation sites excluding steroid dienone is 1. The summed E-state index contributed by atoms with van der Waals surface area (Å²) in [6, 6.07) is 6.17. The molecule has 1 atom stereocenters. The number of hydrogen-bond donors (Lipinski definition) is 1. The van der Waals surface area contributed by atoms with E-state index in [0.717, 1.165) is 12.0 Å². The van der Waals surface area contributed by atoms with Gasteiger partial charge in [-0.15, -0.1) is 29.3 Å². The van der Waals surface area contributed by atoms with Crippen molar-refractivity contribution in [1.29, 1.82) is 0 Å². The summed E-state index contributed by atoms with van der Waals surface area (Å²) in [6.07, 6.45) is 3.39. The highest BCUT2D eigenvalue weighted by atomic mass is 32.1. The van der Waals surface area contributed by atoms with Gasteiger partial charge in [-0.1, -0.05) is 12.1 Å². The van der Waals surface area contributed by atoms with Crippen LogP contribution in [0.1, 0.15) is 25.3 Å². The molecule has 0 aliphatic rings. The van der Waals surface area contributed by atoms with Gasteiger partial charge in [0.15, 0.2) is 0 Å². The Bertz CT molecular complexity index is 480. The molecule has 0 aliphatic carbocycles. The fraction of sp³-hybridized carbons (Fsp3) is 0.286. The minimum Gasteiger partial charge on any atom is -0.385 e. The highest BCUT2D eigenvalue weighted by Gasteiger charge is 2.26. The Morgan fingerprint density at radius 2 is 2.18 bits per heavy atom. The highest BCUT2D eigenvalue weighted by Crippen LogP contribution is 2.40. The lowest BCUT2D eigenvalue weighted by Gasteiger charge is -2.23. The average Bonchev–Trinajstić information content (AvgIpc) is 2.95. The molecule has 1 unspecified atom stereocenters. The Kier molecular flexibility index (Phi) is 3.82. The number of hydrogen-bond acceptors (Lipinski definition) is 3. The van der Waals surface area contributed by atoms with Gasteiger partial charge in [0.05, 0.1) is 10.5 Å². The maximum Gasteiger partial charge on any atom is 0.0885 e. The summed E-state index contributed by atoms with van der Waals surface area (Å²) in [4.78, 5) is 2.42. The smallest absolute Gasteiger partial charge is 0.0885 e. The number of rotatable bonds is 5. The molecule has 90 valence electrons. The van der Waals surface area contributed by atoms with E-state index in [-0.39, 0.29) is 0 Å². The maximum absolute atomic E-state index is 10.5. The van der Waals surface area contributed by atoms with Crippen LogP contribution in [0.15, 0.2) is 41.6 Å². The van der Waals surface area contributed by atoms with Gasteiger partial charge in [-0.2, -0.15) is 0 Å². The molecule has 0 saturated carbocycles. The summed E-state index contributed by atoms with van der Waals surface area (Å²) in [6.45, 7) is 5.60. The monoisotopic (exact) mass is 264 g/mol. The lowest BCUT2D eigenvalue weighted by atomic mass is 9.91. The number of thiophene rings is 2. The first-order chi connectivity index (χ1) is 8.15. The Balaban J connectivity index is 2.33. The molecule has 0 bridgehead atoms. The van der Waals surface area contributed by atoms with Crippen LogP contribution < -0.4 is 0 Å². The topological polar surface area (TPSA) is 20.2 Å². The lowest BCUT2D eigenvalue weighted by Crippen LogP contribution is -2.20. The molecule has 3 heteroatoms. The highest BCUT2D eigenvalue weighted by molar-refractivity contribution is 7.20. The first-order valence-corrected chi connectivity index (χ1v) is 7.36. The SMILES string of the molecule is C=CCCC(C)(O)c1ccsc1-c1cccs1. The van der Waals surface area contributed by atoms with Crippen LogP contribution in [0, 0.1) is 0 Å². The molecule has 0 aromatic carbocycles. The van der Waals surface area contributed by atoms with Crippen molar-refractivity contribution >= 4 is 22.7 Å². The molecular weight excluding hydrogens is 248 g/mol. The quantitative estimate of drug-likeness (QED) is 0.779. The maximum atomic E-state index is 10.5. The van der Waals surface area contributed by atoms with Crippen LogP contribution in [0.25, 0.3) is 9.75 Å². The molecule has 1 N–H and O–H groups in total. The fourth-order valence-electron chi connectivity index (χ4n) is 1.85. The van der Waals surface area contributed by atoms with Crippen molar-refractivity contribution < 1.29 is 5.11 Å². The van der Waals surface area contributed by atoms with Gasteiger partial charge in [-0.3, -0.25) is 0 Å². The molecular formula is C14H16OS2. The standard InChI is InChI=1S/C14H16OS2/c1-3-4-8-14(2,15)11-7-10-17-13(11)12-6-5-9-16-12/h3,5-7,9-10,15H,1,4,8H2,2H3. The average molecular weight is 264 g/mol. The largest absolute Gasteiger partial charge is 0.385 e. The van der Waals surface area contributed by atoms with E-state index in [2.05, 4.69) is 18.0 Å². The molecule has 0 amide bonds. The van der Waals surface area contributed by atoms with Gasteiger partial charge in [0, 0.05) is 10.4 Å². The zero-order valence-corrected chi connectivity index (χ0v) is 11.5. The van der Waals surface area contributed by atoms with E-state index in [4.69, 9.17) is 0 Å². The van der Waals surface area contributed by atoms with Gasteiger partial charge in [-0.25, -0.2) is 0 Å². The van der Waals surface area contributed by atoms with Crippen LogP contribution in [-0.2, 0) is 5.60 Å². The Labute approximate surface area is 110 Å². The van der Waals surface area contributed by atoms with Crippen LogP contribution in [0.3, 0.4) is 0 Å². The van der Waals surface area contributed by atoms with E-state index in [9.17, 15) is 5.11 Å². The second kappa shape index (κ2) is 5.17. The van der Waals surface area contributed by atoms with Gasteiger partial charge >= 0.3 is 0 Å². The van der Waals surface area contributed by atoms with Crippen molar-refractivity contribution in [2.24, 2.45) is 0 Å². The second-order valence-electron chi connectivity index (χ2n) is 4.24. The minimum absolute atomic E-state index is 0.714. The summed E-state index contributed by atoms with van der Waals surface area (Å²) in [5.74, 6) is 0. The van der Waals surface area contributed by atoms with E-state index in [0.29, 0.717) is 6.42 Å². The van der Waals surface area contributed by atoms with Crippen LogP contribution in [0.5, 0.6) is 0 Å². The molecule has 2 heterocycles. The normalized spacial score (nSPS) is 14.5. The van der Waals surface area contributed by atoms with Gasteiger partial charge in [0.2, 0.25) is 0 Å². The molecule has 17 heavy (non-hydrogen) atoms. The molecule has 1 nitrogen and oxygen atoms in total. The minimum atomic E-state index is -0.770. The van der Waals surface area contributed by atoms with Crippen LogP contribution >= 0.6 is 22.7 Å². The van der Waals surface area contributed by atoms with Gasteiger partial charge in [0.1, 0.15) is 0 Å². The first-order valence-electron chi connectivity index (χ1n) is 5.60. The van der Waals surface area contributed by atoms with Crippen LogP contribution in [0.4, 0.5) is 0 Å². The predicted molar refractivity (Wildman–Crippen MR) is 76.6 cm³/mol. The molecule has 2 aromatic heterocycles. The van der Waals surface area contributed by atoms with E-state index >= 15 is 0 Å². The van der Waals surface area contributed by atoms with Gasteiger partial charge in [-0.05, 0) is 42.7 Å². The summed E-state index contributed by atoms with van der Waals surface area (Å²) in [5, 5.41) is 14.7. The lowest BCUT2D eigenvalue weighted by molar-refractivity contribution is 0.0498. The Morgan fingerprint density at radius 3 is 2.82 bits per heavy atom. The third-order valence-corrected chi connectivity index (χ3v) is 4.79. The summed E-state index contributed by atoms with van der Waals surface area (Å²) >= 11 is 3.41. The summed E-state index contributed by atoms with van der Waals surface area (Å²) in [7, 11) is 0. The van der Waals surface area contributed by atoms with E-state index < -0.39 is 5.60 Å². The molecule has 0 spiro atoms. The Morgan fingerprint density at radius 1 is 1.35 bits per heavy atom. The summed E-state index contributed by atoms with van der Waals surface area (Å²) < 4.78 is 0. The van der Waals surface area contributed by atoms with Gasteiger partial charge < -0.3 is 5.11 Å².